The average Bonchev–Trinajstić information content (AvgIpc) is 1.60. The van der Waals surface area contributed by atoms with Crippen molar-refractivity contribution in [3.8, 4) is 0 Å². The van der Waals surface area contributed by atoms with Crippen LogP contribution in [0, 0.1) is 29.6 Å². The van der Waals surface area contributed by atoms with Crippen molar-refractivity contribution in [2.45, 2.75) is 366 Å². The van der Waals surface area contributed by atoms with Crippen molar-refractivity contribution in [1.82, 2.24) is 26.6 Å². The molecule has 0 bridgehead atoms. The summed E-state index contributed by atoms with van der Waals surface area (Å²) in [6, 6.07) is -7.15. The number of aliphatic hydroxyl groups is 12. The molecule has 35 atom stereocenters. The quantitative estimate of drug-likeness (QED) is 0.0203. The van der Waals surface area contributed by atoms with E-state index in [0.29, 0.717) is 48.4 Å². The smallest absolute Gasteiger partial charge is 0.222 e. The molecule has 140 heavy (non-hydrogen) atoms. The van der Waals surface area contributed by atoms with Crippen molar-refractivity contribution in [2.75, 3.05) is 73.7 Å². The Balaban J connectivity index is 0.000000188. The number of likely N-dealkylation sites (N-methyl/N-ethyl adjacent to an activating group) is 3. The molecule has 0 radical (unpaired) electrons. The lowest BCUT2D eigenvalue weighted by Gasteiger charge is -2.49. The number of carbonyl (C=O) groups is 3. The first-order chi connectivity index (χ1) is 65.9. The molecule has 0 spiro atoms. The Bertz CT molecular complexity index is 4320. The Labute approximate surface area is 812 Å². The minimum atomic E-state index is -1.75. The van der Waals surface area contributed by atoms with Gasteiger partial charge in [-0.05, 0) is 167 Å². The Morgan fingerprint density at radius 3 is 1.00 bits per heavy atom. The average molecular weight is 2000 g/mol. The summed E-state index contributed by atoms with van der Waals surface area (Å²) in [7, 11) is 4.75. The molecule has 3 saturated heterocycles. The fraction of sp³-hybridized carbons (Fsp3) is 0.852. The van der Waals surface area contributed by atoms with Crippen LogP contribution in [0.15, 0.2) is 55.5 Å². The summed E-state index contributed by atoms with van der Waals surface area (Å²) in [5.41, 5.74) is 83.9. The molecule has 798 valence electrons. The molecule has 0 aromatic carbocycles. The number of nitrogens with one attached hydrogen (secondary N) is 5. The Hall–Kier alpha value is -6.65. The van der Waals surface area contributed by atoms with Gasteiger partial charge in [-0.2, -0.15) is 0 Å². The van der Waals surface area contributed by atoms with E-state index >= 15 is 0 Å². The van der Waals surface area contributed by atoms with Crippen LogP contribution in [0.3, 0.4) is 0 Å². The minimum absolute atomic E-state index is 0.0356. The number of aliphatic imine (C=N–C) groups is 4. The molecule has 11 fully saturated rings. The third-order valence-electron chi connectivity index (χ3n) is 30.0. The van der Waals surface area contributed by atoms with Gasteiger partial charge < -0.3 is 236 Å². The van der Waals surface area contributed by atoms with Crippen molar-refractivity contribution in [1.29, 1.82) is 0 Å². The van der Waals surface area contributed by atoms with E-state index in [2.05, 4.69) is 46.6 Å². The lowest BCUT2D eigenvalue weighted by Crippen LogP contribution is -2.67. The first-order valence-corrected chi connectivity index (χ1v) is 48.5. The molecule has 52 nitrogen and oxygen atoms in total. The molecule has 8 saturated carbocycles. The maximum atomic E-state index is 13.5. The second kappa shape index (κ2) is 47.0. The molecule has 14 rings (SSSR count). The molecular formula is C88H159N25O27. The van der Waals surface area contributed by atoms with Crippen LogP contribution < -0.4 is 118 Å². The lowest BCUT2D eigenvalue weighted by atomic mass is 9.69. The predicted octanol–water partition coefficient (Wildman–Crippen LogP) is -13.6. The zero-order valence-corrected chi connectivity index (χ0v) is 80.5. The van der Waals surface area contributed by atoms with Crippen LogP contribution in [0.2, 0.25) is 0 Å². The highest BCUT2D eigenvalue weighted by atomic mass is 16.7. The Morgan fingerprint density at radius 2 is 0.693 bits per heavy atom. The second-order valence-electron chi connectivity index (χ2n) is 41.4. The van der Waals surface area contributed by atoms with E-state index in [1.807, 2.05) is 12.2 Å². The van der Waals surface area contributed by atoms with Gasteiger partial charge in [-0.15, -0.1) is 0 Å². The van der Waals surface area contributed by atoms with Gasteiger partial charge in [0.25, 0.3) is 0 Å². The van der Waals surface area contributed by atoms with Gasteiger partial charge in [0.1, 0.15) is 112 Å². The van der Waals surface area contributed by atoms with Gasteiger partial charge in [-0.25, -0.2) is 9.98 Å². The van der Waals surface area contributed by atoms with Crippen molar-refractivity contribution in [3.05, 3.63) is 35.5 Å². The first-order valence-electron chi connectivity index (χ1n) is 48.5. The van der Waals surface area contributed by atoms with Crippen LogP contribution >= 0.6 is 0 Å². The molecule has 14 aliphatic rings. The van der Waals surface area contributed by atoms with Gasteiger partial charge >= 0.3 is 0 Å². The van der Waals surface area contributed by atoms with Gasteiger partial charge in [-0.1, -0.05) is 0 Å². The third-order valence-corrected chi connectivity index (χ3v) is 30.0. The first kappa shape index (κ1) is 112. The zero-order chi connectivity index (χ0) is 102. The number of ether oxygens (including phenoxy) is 12. The summed E-state index contributed by atoms with van der Waals surface area (Å²) in [5.74, 6) is -1.89. The number of nitrogens with two attached hydrogens (primary N) is 16. The SMILES string of the molecule is CN[C@@H]1[C@@H](O)[C@@H](O[C@H]2[C@H](CC(=O)C3(O)CC(N=C(N)N)C3)C[C@H](N)C(O[C@H]3OC(CN)=CC[C@H]3N=C(N)N)[C@@H]2O)OC[C@]1(C)O.CN[C@@H]1[C@@H](O)[C@@H](O[C@H]2[C@H](CC(=O)C3(O)CC(N=C(N)N)C3)C[C@H](N)C(O[C@H]3OC(CN)=CC[C@H]3NCC3CC(N)C3)[C@@H]2O)OC[C@]1(C)O.CN[C@@H]1[C@@H](O)[C@@H](O[C@H]2[C@H](CC(=O)C3(O)CC3N=C(N)N)C[C@H](N)C(O[C@H]3OC(CN)=CC[C@H]3NCC3CC(N)C3)[C@@H]2O)OC[C@]1(C)O. The van der Waals surface area contributed by atoms with E-state index in [1.54, 1.807) is 27.2 Å². The topological polar surface area (TPSA) is 931 Å². The maximum Gasteiger partial charge on any atom is 0.222 e. The van der Waals surface area contributed by atoms with E-state index in [4.69, 9.17) is 149 Å². The summed E-state index contributed by atoms with van der Waals surface area (Å²) in [6.07, 6.45) is -10.6. The molecule has 0 aromatic heterocycles. The number of nitrogens with zero attached hydrogens (tertiary/aromatic N) is 4. The third kappa shape index (κ3) is 26.7. The fourth-order valence-corrected chi connectivity index (χ4v) is 21.9. The lowest BCUT2D eigenvalue weighted by molar-refractivity contribution is -0.308. The molecule has 8 aliphatic carbocycles. The molecule has 49 N–H and O–H groups in total. The standard InChI is InChI=1S/C31H56N8O9.C30H54N8O9.C27H49N9O9/c1-30(43)13-45-28(23(42)26(30)37-2)47-24-15(8-21(40)31(44)9-17(10-31)39-29(35)36)7-19(34)25(22(24)41)48-27-20(4-3-18(11-32)46-27)38-12-14-5-16(33)6-14;1-29(42)12-44-27(22(41)25(29)36-2)46-23-14(8-20(39)30(43)9-19(30)38-28(34)35)7-17(33)24(21(23)40)47-26-18(4-3-16(10-31)45-26)37-11-13-5-15(32)6-13;1-26(40)10-42-23(18(39)21(26)34-2)44-19-11(6-16(37)27(41)7-12(8-27)35-24(30)31)5-14(29)20(17(19)38)45-22-15(36-25(32)33)4-3-13(9-28)43-22/h3,14-17,19-20,22-28,37-38,41-44H,4-13,32-34H2,1-2H3,(H4,35,36,39);3,13-15,17-19,21-27,36-37,40-43H,4-12,31-33H2,1-2H3,(H4,34,35,38);3,11-12,14-15,17-23,34,38-41H,4-10,28-29H2,1-2H3,(H4,30,31,35)(H4,32,33,36)/t14?,15-,16?,17?,19-,20+,22+,23+,24-,25?,26+,27+,28+,30-,31?;13?,14-,15?,17-,18+,19?,21+,22+,23-,24?,25+,26+,27+,29-,30?;11-,12?,14-,15+,17+,18+,19-,20?,21+,22+,23+,26-,27?/m000/s1. The second-order valence-corrected chi connectivity index (χ2v) is 41.4. The number of hydrogen-bond acceptors (Lipinski definition) is 44. The van der Waals surface area contributed by atoms with Gasteiger partial charge in [0.15, 0.2) is 60.1 Å². The minimum Gasteiger partial charge on any atom is -0.467 e. The van der Waals surface area contributed by atoms with Crippen LogP contribution in [0.4, 0.5) is 0 Å². The summed E-state index contributed by atoms with van der Waals surface area (Å²) < 4.78 is 73.0. The number of guanidine groups is 4. The molecular weight excluding hydrogens is 1840 g/mol. The van der Waals surface area contributed by atoms with Gasteiger partial charge in [0, 0.05) is 81.6 Å². The van der Waals surface area contributed by atoms with Gasteiger partial charge in [0.2, 0.25) is 18.9 Å². The van der Waals surface area contributed by atoms with E-state index in [0.717, 1.165) is 38.8 Å². The molecule has 6 heterocycles. The van der Waals surface area contributed by atoms with Crippen LogP contribution in [-0.2, 0) is 71.2 Å². The fourth-order valence-electron chi connectivity index (χ4n) is 21.9. The highest BCUT2D eigenvalue weighted by Gasteiger charge is 2.63. The highest BCUT2D eigenvalue weighted by molar-refractivity contribution is 5.93. The number of ketones is 3. The van der Waals surface area contributed by atoms with Crippen molar-refractivity contribution in [3.63, 3.8) is 0 Å². The van der Waals surface area contributed by atoms with E-state index in [1.165, 1.54) is 20.8 Å². The summed E-state index contributed by atoms with van der Waals surface area (Å²) >= 11 is 0. The van der Waals surface area contributed by atoms with Gasteiger partial charge in [-0.3, -0.25) is 24.4 Å². The molecule has 52 heteroatoms. The normalized spacial score (nSPS) is 45.3. The van der Waals surface area contributed by atoms with Crippen LogP contribution in [0.5, 0.6) is 0 Å². The maximum absolute atomic E-state index is 13.5. The summed E-state index contributed by atoms with van der Waals surface area (Å²) in [5, 5.41) is 150. The predicted molar refractivity (Wildman–Crippen MR) is 503 cm³/mol. The van der Waals surface area contributed by atoms with Crippen molar-refractivity contribution in [2.24, 2.45) is 141 Å². The molecule has 6 aliphatic heterocycles. The Kier molecular flexibility index (Phi) is 37.7. The molecule has 0 aromatic rings. The largest absolute Gasteiger partial charge is 0.467 e. The highest BCUT2D eigenvalue weighted by Crippen LogP contribution is 2.48. The number of rotatable bonds is 37. The van der Waals surface area contributed by atoms with E-state index in [9.17, 15) is 75.7 Å². The summed E-state index contributed by atoms with van der Waals surface area (Å²) in [4.78, 5) is 56.4. The van der Waals surface area contributed by atoms with Crippen LogP contribution in [0.25, 0.3) is 0 Å². The molecule has 5 unspecified atom stereocenters. The van der Waals surface area contributed by atoms with Crippen molar-refractivity contribution < 1.29 is 133 Å². The molecule has 0 amide bonds. The number of Topliss-reactive ketones (excluding diaryl/α,β-unsaturated/α-hetero) is 3. The van der Waals surface area contributed by atoms with Crippen LogP contribution in [0.1, 0.15) is 136 Å². The van der Waals surface area contributed by atoms with E-state index < -0.39 is 234 Å². The number of hydrogen-bond donors (Lipinski definition) is 33. The summed E-state index contributed by atoms with van der Waals surface area (Å²) in [6.45, 7) is 5.89. The van der Waals surface area contributed by atoms with E-state index in [-0.39, 0.29) is 164 Å². The van der Waals surface area contributed by atoms with Gasteiger partial charge in [0.05, 0.1) is 106 Å². The number of carbonyl (C=O) groups excluding carboxylic acids is 3. The number of aliphatic hydroxyl groups excluding tert-OH is 6. The van der Waals surface area contributed by atoms with Crippen LogP contribution in [-0.4, -0.2) is 405 Å². The zero-order valence-electron chi connectivity index (χ0n) is 80.5. The van der Waals surface area contributed by atoms with Crippen molar-refractivity contribution >= 4 is 41.2 Å². The monoisotopic (exact) mass is 2000 g/mol. The Morgan fingerprint density at radius 1 is 0.393 bits per heavy atom.